The topological polar surface area (TPSA) is 54.0 Å². The van der Waals surface area contributed by atoms with Crippen LogP contribution >= 0.6 is 0 Å². The Labute approximate surface area is 144 Å². The van der Waals surface area contributed by atoms with Crippen LogP contribution in [0.4, 0.5) is 0 Å². The summed E-state index contributed by atoms with van der Waals surface area (Å²) in [5, 5.41) is 0. The highest BCUT2D eigenvalue weighted by Crippen LogP contribution is 2.16. The third kappa shape index (κ3) is 5.14. The number of hydrogen-bond acceptors (Lipinski definition) is 4. The van der Waals surface area contributed by atoms with Crippen molar-refractivity contribution in [2.24, 2.45) is 0 Å². The van der Waals surface area contributed by atoms with E-state index < -0.39 is 0 Å². The number of aryl methyl sites for hydroxylation is 1. The molecular weight excluding hydrogens is 300 g/mol. The van der Waals surface area contributed by atoms with Gasteiger partial charge in [0.1, 0.15) is 5.82 Å². The summed E-state index contributed by atoms with van der Waals surface area (Å²) < 4.78 is 5.83. The number of imidazole rings is 1. The van der Waals surface area contributed by atoms with Crippen LogP contribution in [-0.4, -0.2) is 39.1 Å². The lowest BCUT2D eigenvalue weighted by atomic mass is 10.2. The number of unbranched alkanes of at least 4 members (excludes halogenated alkanes) is 1. The van der Waals surface area contributed by atoms with Gasteiger partial charge in [0.25, 0.3) is 0 Å². The van der Waals surface area contributed by atoms with E-state index in [0.717, 1.165) is 50.6 Å². The van der Waals surface area contributed by atoms with E-state index in [1.807, 2.05) is 24.5 Å². The molecule has 1 N–H and O–H groups in total. The Morgan fingerprint density at radius 1 is 1.29 bits per heavy atom. The number of aromatic nitrogens is 3. The molecule has 0 bridgehead atoms. The first-order chi connectivity index (χ1) is 11.8. The normalized spacial score (nSPS) is 17.7. The predicted molar refractivity (Wildman–Crippen MR) is 94.5 cm³/mol. The van der Waals surface area contributed by atoms with Gasteiger partial charge in [-0.25, -0.2) is 4.98 Å². The van der Waals surface area contributed by atoms with Crippen LogP contribution in [0.5, 0.6) is 0 Å². The Kier molecular flexibility index (Phi) is 6.38. The highest BCUT2D eigenvalue weighted by molar-refractivity contribution is 5.05. The van der Waals surface area contributed by atoms with Crippen LogP contribution < -0.4 is 0 Å². The highest BCUT2D eigenvalue weighted by atomic mass is 16.5. The van der Waals surface area contributed by atoms with Gasteiger partial charge in [-0.2, -0.15) is 0 Å². The maximum atomic E-state index is 5.83. The van der Waals surface area contributed by atoms with Gasteiger partial charge in [0, 0.05) is 50.7 Å². The number of H-pyrrole nitrogens is 1. The van der Waals surface area contributed by atoms with Gasteiger partial charge in [-0.3, -0.25) is 9.88 Å². The summed E-state index contributed by atoms with van der Waals surface area (Å²) in [6.07, 6.45) is 9.92. The molecule has 0 amide bonds. The van der Waals surface area contributed by atoms with Crippen molar-refractivity contribution in [2.45, 2.75) is 58.2 Å². The monoisotopic (exact) mass is 328 g/mol. The molecule has 5 nitrogen and oxygen atoms in total. The van der Waals surface area contributed by atoms with Crippen molar-refractivity contribution in [1.29, 1.82) is 0 Å². The lowest BCUT2D eigenvalue weighted by molar-refractivity contribution is 0.0671. The number of nitrogens with zero attached hydrogens (tertiary/aromatic N) is 3. The maximum absolute atomic E-state index is 5.83. The Morgan fingerprint density at radius 3 is 3.00 bits per heavy atom. The van der Waals surface area contributed by atoms with E-state index in [1.54, 1.807) is 0 Å². The lowest BCUT2D eigenvalue weighted by Gasteiger charge is -2.24. The largest absolute Gasteiger partial charge is 0.377 e. The molecule has 0 spiro atoms. The second-order valence-corrected chi connectivity index (χ2v) is 6.58. The van der Waals surface area contributed by atoms with Gasteiger partial charge < -0.3 is 9.72 Å². The van der Waals surface area contributed by atoms with Crippen molar-refractivity contribution in [3.63, 3.8) is 0 Å². The molecule has 1 saturated heterocycles. The van der Waals surface area contributed by atoms with Crippen molar-refractivity contribution < 1.29 is 4.74 Å². The smallest absolute Gasteiger partial charge is 0.106 e. The number of nitrogens with one attached hydrogen (secondary N) is 1. The molecule has 0 saturated carbocycles. The fraction of sp³-hybridized carbons (Fsp3) is 0.579. The molecule has 1 fully saturated rings. The van der Waals surface area contributed by atoms with Crippen molar-refractivity contribution in [2.75, 3.05) is 13.2 Å². The molecule has 1 aliphatic rings. The molecule has 2 aromatic heterocycles. The zero-order valence-electron chi connectivity index (χ0n) is 14.6. The number of rotatable bonds is 9. The third-order valence-corrected chi connectivity index (χ3v) is 4.44. The van der Waals surface area contributed by atoms with Crippen LogP contribution in [0, 0.1) is 0 Å². The molecule has 0 radical (unpaired) electrons. The molecule has 0 aliphatic carbocycles. The molecule has 0 unspecified atom stereocenters. The first-order valence-electron chi connectivity index (χ1n) is 9.10. The second kappa shape index (κ2) is 8.94. The average molecular weight is 328 g/mol. The van der Waals surface area contributed by atoms with E-state index in [4.69, 9.17) is 4.74 Å². The molecular formula is C19H28N4O. The summed E-state index contributed by atoms with van der Waals surface area (Å²) in [5.41, 5.74) is 2.27. The fourth-order valence-electron chi connectivity index (χ4n) is 3.18. The highest BCUT2D eigenvalue weighted by Gasteiger charge is 2.20. The Hall–Kier alpha value is -1.72. The quantitative estimate of drug-likeness (QED) is 0.767. The first-order valence-corrected chi connectivity index (χ1v) is 9.10. The van der Waals surface area contributed by atoms with Gasteiger partial charge >= 0.3 is 0 Å². The number of aromatic amines is 1. The summed E-state index contributed by atoms with van der Waals surface area (Å²) in [6, 6.07) is 6.09. The standard InChI is InChI=1S/C19H28N4O/c1-2-3-9-19-21-12-17(22-19)14-23(15-18-8-6-11-24-18)13-16-7-4-5-10-20-16/h4-5,7,10,12,18H,2-3,6,8-9,11,13-15H2,1H3,(H,21,22)/t18-/m0/s1. The number of ether oxygens (including phenoxy) is 1. The lowest BCUT2D eigenvalue weighted by Crippen LogP contribution is -2.31. The van der Waals surface area contributed by atoms with Crippen LogP contribution in [0.1, 0.15) is 49.8 Å². The van der Waals surface area contributed by atoms with E-state index in [1.165, 1.54) is 25.0 Å². The van der Waals surface area contributed by atoms with Crippen molar-refractivity contribution in [1.82, 2.24) is 19.9 Å². The van der Waals surface area contributed by atoms with Crippen LogP contribution in [-0.2, 0) is 24.2 Å². The molecule has 24 heavy (non-hydrogen) atoms. The van der Waals surface area contributed by atoms with Crippen LogP contribution in [0.25, 0.3) is 0 Å². The predicted octanol–water partition coefficient (Wildman–Crippen LogP) is 3.33. The summed E-state index contributed by atoms with van der Waals surface area (Å²) >= 11 is 0. The van der Waals surface area contributed by atoms with Crippen LogP contribution in [0.2, 0.25) is 0 Å². The van der Waals surface area contributed by atoms with E-state index in [-0.39, 0.29) is 0 Å². The maximum Gasteiger partial charge on any atom is 0.106 e. The molecule has 2 aromatic rings. The van der Waals surface area contributed by atoms with Gasteiger partial charge in [0.2, 0.25) is 0 Å². The van der Waals surface area contributed by atoms with Gasteiger partial charge in [-0.05, 0) is 31.4 Å². The average Bonchev–Trinajstić information content (AvgIpc) is 3.26. The van der Waals surface area contributed by atoms with Crippen molar-refractivity contribution in [3.8, 4) is 0 Å². The van der Waals surface area contributed by atoms with Gasteiger partial charge in [-0.1, -0.05) is 19.4 Å². The van der Waals surface area contributed by atoms with E-state index in [0.29, 0.717) is 6.10 Å². The minimum atomic E-state index is 0.344. The van der Waals surface area contributed by atoms with Crippen LogP contribution in [0.3, 0.4) is 0 Å². The van der Waals surface area contributed by atoms with Gasteiger partial charge in [0.05, 0.1) is 11.8 Å². The van der Waals surface area contributed by atoms with E-state index in [2.05, 4.69) is 32.8 Å². The zero-order chi connectivity index (χ0) is 16.6. The Morgan fingerprint density at radius 2 is 2.25 bits per heavy atom. The summed E-state index contributed by atoms with van der Waals surface area (Å²) in [4.78, 5) is 14.9. The molecule has 5 heteroatoms. The molecule has 130 valence electrons. The van der Waals surface area contributed by atoms with E-state index in [9.17, 15) is 0 Å². The second-order valence-electron chi connectivity index (χ2n) is 6.58. The minimum Gasteiger partial charge on any atom is -0.377 e. The van der Waals surface area contributed by atoms with Crippen LogP contribution in [0.15, 0.2) is 30.6 Å². The SMILES string of the molecule is CCCCc1ncc(CN(Cc2ccccn2)C[C@@H]2CCCO2)[nH]1. The van der Waals surface area contributed by atoms with Gasteiger partial charge in [-0.15, -0.1) is 0 Å². The third-order valence-electron chi connectivity index (χ3n) is 4.44. The summed E-state index contributed by atoms with van der Waals surface area (Å²) in [7, 11) is 0. The van der Waals surface area contributed by atoms with E-state index >= 15 is 0 Å². The molecule has 0 aromatic carbocycles. The van der Waals surface area contributed by atoms with Gasteiger partial charge in [0.15, 0.2) is 0 Å². The molecule has 1 atom stereocenters. The van der Waals surface area contributed by atoms with Crippen molar-refractivity contribution >= 4 is 0 Å². The fourth-order valence-corrected chi connectivity index (χ4v) is 3.18. The number of pyridine rings is 1. The Bertz CT molecular complexity index is 592. The minimum absolute atomic E-state index is 0.344. The Balaban J connectivity index is 1.63. The summed E-state index contributed by atoms with van der Waals surface area (Å²) in [5.74, 6) is 1.10. The first kappa shape index (κ1) is 17.1. The number of hydrogen-bond donors (Lipinski definition) is 1. The molecule has 1 aliphatic heterocycles. The molecule has 3 rings (SSSR count). The van der Waals surface area contributed by atoms with Crippen molar-refractivity contribution in [3.05, 3.63) is 47.8 Å². The molecule has 3 heterocycles. The summed E-state index contributed by atoms with van der Waals surface area (Å²) in [6.45, 7) is 5.74. The zero-order valence-corrected chi connectivity index (χ0v) is 14.6.